The zero-order chi connectivity index (χ0) is 16.4. The molecule has 1 aromatic rings. The van der Waals surface area contributed by atoms with Gasteiger partial charge in [0.05, 0.1) is 33.1 Å². The Morgan fingerprint density at radius 1 is 1.39 bits per heavy atom. The van der Waals surface area contributed by atoms with Crippen molar-refractivity contribution in [1.82, 2.24) is 0 Å². The molecule has 0 bridgehead atoms. The minimum absolute atomic E-state index is 0.0151. The van der Waals surface area contributed by atoms with E-state index in [1.54, 1.807) is 7.11 Å². The van der Waals surface area contributed by atoms with Crippen LogP contribution in [0.3, 0.4) is 0 Å². The number of fused-ring (bicyclic) bond motifs is 1. The largest absolute Gasteiger partial charge is 0.495 e. The standard InChI is InChI=1S/C17H24N2O4/c1-12-8-13-9-16(21-3)14(10-15(13)23-12)18-17(20)11-19(2)4-6-22-7-5-19/h9-10,12H,4-8,11H2,1-3H3/p+1/t12-/m1/s1. The average molecular weight is 321 g/mol. The Kier molecular flexibility index (Phi) is 4.46. The molecule has 1 aromatic carbocycles. The predicted octanol–water partition coefficient (Wildman–Crippen LogP) is 1.43. The van der Waals surface area contributed by atoms with Crippen molar-refractivity contribution < 1.29 is 23.5 Å². The molecule has 1 fully saturated rings. The molecule has 1 atom stereocenters. The Bertz CT molecular complexity index is 597. The van der Waals surface area contributed by atoms with E-state index < -0.39 is 0 Å². The van der Waals surface area contributed by atoms with Gasteiger partial charge in [-0.1, -0.05) is 0 Å². The normalized spacial score (nSPS) is 22.1. The lowest BCUT2D eigenvalue weighted by Crippen LogP contribution is -2.55. The van der Waals surface area contributed by atoms with Crippen molar-refractivity contribution in [1.29, 1.82) is 0 Å². The molecule has 3 rings (SSSR count). The van der Waals surface area contributed by atoms with Gasteiger partial charge >= 0.3 is 0 Å². The highest BCUT2D eigenvalue weighted by molar-refractivity contribution is 5.93. The van der Waals surface area contributed by atoms with Gasteiger partial charge in [0.25, 0.3) is 5.91 Å². The highest BCUT2D eigenvalue weighted by Gasteiger charge is 2.29. The molecule has 6 heteroatoms. The molecule has 0 aromatic heterocycles. The maximum absolute atomic E-state index is 12.5. The van der Waals surface area contributed by atoms with E-state index in [1.165, 1.54) is 0 Å². The summed E-state index contributed by atoms with van der Waals surface area (Å²) in [5.74, 6) is 1.50. The Morgan fingerprint density at radius 3 is 2.83 bits per heavy atom. The smallest absolute Gasteiger partial charge is 0.279 e. The molecule has 1 N–H and O–H groups in total. The molecule has 0 radical (unpaired) electrons. The van der Waals surface area contributed by atoms with Gasteiger partial charge in [-0.3, -0.25) is 4.79 Å². The quantitative estimate of drug-likeness (QED) is 0.853. The lowest BCUT2D eigenvalue weighted by Gasteiger charge is -2.36. The monoisotopic (exact) mass is 321 g/mol. The summed E-state index contributed by atoms with van der Waals surface area (Å²) >= 11 is 0. The summed E-state index contributed by atoms with van der Waals surface area (Å²) in [7, 11) is 3.71. The van der Waals surface area contributed by atoms with Crippen LogP contribution >= 0.6 is 0 Å². The number of methoxy groups -OCH3 is 1. The molecule has 6 nitrogen and oxygen atoms in total. The van der Waals surface area contributed by atoms with Crippen molar-refractivity contribution in [2.75, 3.05) is 52.3 Å². The van der Waals surface area contributed by atoms with Gasteiger partial charge < -0.3 is 24.0 Å². The summed E-state index contributed by atoms with van der Waals surface area (Å²) in [5.41, 5.74) is 1.80. The first-order chi connectivity index (χ1) is 11.0. The van der Waals surface area contributed by atoms with E-state index in [1.807, 2.05) is 19.1 Å². The molecule has 1 saturated heterocycles. The average Bonchev–Trinajstić information content (AvgIpc) is 2.85. The van der Waals surface area contributed by atoms with E-state index in [0.717, 1.165) is 30.8 Å². The van der Waals surface area contributed by atoms with Gasteiger partial charge in [0.2, 0.25) is 0 Å². The second-order valence-electron chi connectivity index (χ2n) is 6.68. The zero-order valence-electron chi connectivity index (χ0n) is 14.1. The highest BCUT2D eigenvalue weighted by Crippen LogP contribution is 2.37. The number of anilines is 1. The Morgan fingerprint density at radius 2 is 2.13 bits per heavy atom. The molecular formula is C17H25N2O4+. The van der Waals surface area contributed by atoms with Crippen molar-refractivity contribution in [2.24, 2.45) is 0 Å². The molecule has 0 saturated carbocycles. The highest BCUT2D eigenvalue weighted by atomic mass is 16.5. The first-order valence-corrected chi connectivity index (χ1v) is 8.08. The lowest BCUT2D eigenvalue weighted by molar-refractivity contribution is -0.909. The summed E-state index contributed by atoms with van der Waals surface area (Å²) in [6.07, 6.45) is 1.04. The number of hydrogen-bond acceptors (Lipinski definition) is 4. The molecule has 0 unspecified atom stereocenters. The maximum atomic E-state index is 12.5. The number of nitrogens with one attached hydrogen (secondary N) is 1. The molecule has 2 aliphatic rings. The Balaban J connectivity index is 1.72. The molecule has 1 amide bonds. The van der Waals surface area contributed by atoms with E-state index in [-0.39, 0.29) is 12.0 Å². The van der Waals surface area contributed by atoms with Crippen LogP contribution in [-0.2, 0) is 16.0 Å². The SMILES string of the molecule is COc1cc2c(cc1NC(=O)C[N+]1(C)CCOCC1)O[C@H](C)C2. The van der Waals surface area contributed by atoms with Crippen molar-refractivity contribution in [2.45, 2.75) is 19.4 Å². The first-order valence-electron chi connectivity index (χ1n) is 8.08. The zero-order valence-corrected chi connectivity index (χ0v) is 14.1. The Hall–Kier alpha value is -1.79. The molecule has 2 aliphatic heterocycles. The number of quaternary nitrogens is 1. The van der Waals surface area contributed by atoms with Gasteiger partial charge in [-0.25, -0.2) is 0 Å². The third-order valence-electron chi connectivity index (χ3n) is 4.57. The van der Waals surface area contributed by atoms with Crippen molar-refractivity contribution in [3.63, 3.8) is 0 Å². The topological polar surface area (TPSA) is 56.8 Å². The first kappa shape index (κ1) is 16.1. The number of likely N-dealkylation sites (N-methyl/N-ethyl adjacent to an activating group) is 1. The number of ether oxygens (including phenoxy) is 3. The van der Waals surface area contributed by atoms with Gasteiger partial charge in [-0.15, -0.1) is 0 Å². The van der Waals surface area contributed by atoms with Gasteiger partial charge in [-0.2, -0.15) is 0 Å². The predicted molar refractivity (Wildman–Crippen MR) is 87.0 cm³/mol. The summed E-state index contributed by atoms with van der Waals surface area (Å²) in [4.78, 5) is 12.5. The van der Waals surface area contributed by atoms with Gasteiger partial charge in [0.1, 0.15) is 30.7 Å². The van der Waals surface area contributed by atoms with E-state index in [9.17, 15) is 4.79 Å². The minimum Gasteiger partial charge on any atom is -0.495 e. The third-order valence-corrected chi connectivity index (χ3v) is 4.57. The number of carbonyl (C=O) groups is 1. The van der Waals surface area contributed by atoms with Crippen LogP contribution in [0.15, 0.2) is 12.1 Å². The number of hydrogen-bond donors (Lipinski definition) is 1. The fourth-order valence-electron chi connectivity index (χ4n) is 3.18. The summed E-state index contributed by atoms with van der Waals surface area (Å²) < 4.78 is 17.3. The van der Waals surface area contributed by atoms with Crippen LogP contribution in [0.5, 0.6) is 11.5 Å². The second-order valence-corrected chi connectivity index (χ2v) is 6.68. The fourth-order valence-corrected chi connectivity index (χ4v) is 3.18. The summed E-state index contributed by atoms with van der Waals surface area (Å²) in [5, 5.41) is 2.98. The third kappa shape index (κ3) is 3.59. The molecule has 0 spiro atoms. The number of carbonyl (C=O) groups excluding carboxylic acids is 1. The van der Waals surface area contributed by atoms with Crippen LogP contribution in [0.1, 0.15) is 12.5 Å². The minimum atomic E-state index is -0.0151. The number of amides is 1. The van der Waals surface area contributed by atoms with Crippen LogP contribution in [0.25, 0.3) is 0 Å². The number of rotatable bonds is 4. The van der Waals surface area contributed by atoms with E-state index in [2.05, 4.69) is 12.4 Å². The van der Waals surface area contributed by atoms with Gasteiger partial charge in [-0.05, 0) is 13.0 Å². The van der Waals surface area contributed by atoms with Crippen molar-refractivity contribution in [3.8, 4) is 11.5 Å². The Labute approximate surface area is 136 Å². The van der Waals surface area contributed by atoms with Crippen molar-refractivity contribution in [3.05, 3.63) is 17.7 Å². The molecular weight excluding hydrogens is 296 g/mol. The van der Waals surface area contributed by atoms with E-state index >= 15 is 0 Å². The fraction of sp³-hybridized carbons (Fsp3) is 0.588. The molecule has 0 aliphatic carbocycles. The van der Waals surface area contributed by atoms with E-state index in [4.69, 9.17) is 14.2 Å². The van der Waals surface area contributed by atoms with Crippen LogP contribution in [-0.4, -0.2) is 63.5 Å². The van der Waals surface area contributed by atoms with Crippen molar-refractivity contribution >= 4 is 11.6 Å². The van der Waals surface area contributed by atoms with Crippen LogP contribution in [0.4, 0.5) is 5.69 Å². The van der Waals surface area contributed by atoms with Gasteiger partial charge in [0.15, 0.2) is 6.54 Å². The van der Waals surface area contributed by atoms with E-state index in [0.29, 0.717) is 35.7 Å². The maximum Gasteiger partial charge on any atom is 0.279 e. The van der Waals surface area contributed by atoms with Crippen LogP contribution in [0, 0.1) is 0 Å². The lowest BCUT2D eigenvalue weighted by atomic mass is 10.1. The molecule has 23 heavy (non-hydrogen) atoms. The van der Waals surface area contributed by atoms with Crippen LogP contribution in [0.2, 0.25) is 0 Å². The second kappa shape index (κ2) is 6.37. The number of benzene rings is 1. The molecule has 2 heterocycles. The number of morpholine rings is 1. The van der Waals surface area contributed by atoms with Crippen LogP contribution < -0.4 is 14.8 Å². The summed E-state index contributed by atoms with van der Waals surface area (Å²) in [6.45, 7) is 5.59. The molecule has 126 valence electrons. The summed E-state index contributed by atoms with van der Waals surface area (Å²) in [6, 6.07) is 3.83. The number of nitrogens with zero attached hydrogens (tertiary/aromatic N) is 1. The van der Waals surface area contributed by atoms with Gasteiger partial charge in [0, 0.05) is 18.1 Å².